The van der Waals surface area contributed by atoms with Crippen LogP contribution < -0.4 is 0 Å². The molecule has 0 fully saturated rings. The molecule has 4 heteroatoms. The summed E-state index contributed by atoms with van der Waals surface area (Å²) in [6, 6.07) is 0. The minimum absolute atomic E-state index is 0.204. The summed E-state index contributed by atoms with van der Waals surface area (Å²) in [5, 5.41) is 0. The number of likely N-dealkylation sites (N-methyl/N-ethyl adjacent to an activating group) is 2. The first kappa shape index (κ1) is 13.8. The van der Waals surface area contributed by atoms with Crippen molar-refractivity contribution in [2.75, 3.05) is 47.4 Å². The maximum atomic E-state index is 5.46. The molecule has 0 saturated heterocycles. The van der Waals surface area contributed by atoms with Gasteiger partial charge in [-0.25, -0.2) is 0 Å². The Morgan fingerprint density at radius 3 is 1.79 bits per heavy atom. The molecule has 14 heavy (non-hydrogen) atoms. The first-order valence-electron chi connectivity index (χ1n) is 5.20. The highest BCUT2D eigenvalue weighted by Gasteiger charge is 2.13. The van der Waals surface area contributed by atoms with Crippen LogP contribution in [0.25, 0.3) is 0 Å². The van der Waals surface area contributed by atoms with Gasteiger partial charge in [-0.2, -0.15) is 0 Å². The molecule has 0 atom stereocenters. The second kappa shape index (κ2) is 8.17. The van der Waals surface area contributed by atoms with Crippen molar-refractivity contribution in [3.8, 4) is 0 Å². The van der Waals surface area contributed by atoms with E-state index in [-0.39, 0.29) is 6.41 Å². The lowest BCUT2D eigenvalue weighted by molar-refractivity contribution is -0.213. The van der Waals surface area contributed by atoms with Gasteiger partial charge in [0, 0.05) is 26.3 Å². The quantitative estimate of drug-likeness (QED) is 0.547. The molecule has 0 bridgehead atoms. The summed E-state index contributed by atoms with van der Waals surface area (Å²) in [7, 11) is 6.13. The van der Waals surface area contributed by atoms with E-state index >= 15 is 0 Å². The molecule has 4 nitrogen and oxygen atoms in total. The van der Waals surface area contributed by atoms with E-state index in [0.29, 0.717) is 13.2 Å². The van der Waals surface area contributed by atoms with Crippen molar-refractivity contribution < 1.29 is 9.47 Å². The van der Waals surface area contributed by atoms with Crippen molar-refractivity contribution in [1.82, 2.24) is 9.80 Å². The highest BCUT2D eigenvalue weighted by molar-refractivity contribution is 4.53. The van der Waals surface area contributed by atoms with Crippen molar-refractivity contribution in [2.24, 2.45) is 0 Å². The Kier molecular flexibility index (Phi) is 8.08. The highest BCUT2D eigenvalue weighted by atomic mass is 16.7. The summed E-state index contributed by atoms with van der Waals surface area (Å²) in [6.45, 7) is 7.26. The highest BCUT2D eigenvalue weighted by Crippen LogP contribution is 2.00. The van der Waals surface area contributed by atoms with Crippen LogP contribution in [-0.2, 0) is 9.47 Å². The summed E-state index contributed by atoms with van der Waals surface area (Å²) in [5.41, 5.74) is 0. The topological polar surface area (TPSA) is 24.9 Å². The molecular weight excluding hydrogens is 180 g/mol. The third-order valence-electron chi connectivity index (χ3n) is 1.88. The summed E-state index contributed by atoms with van der Waals surface area (Å²) in [6.07, 6.45) is -0.204. The summed E-state index contributed by atoms with van der Waals surface area (Å²) in [5.74, 6) is 0. The van der Waals surface area contributed by atoms with Gasteiger partial charge in [0.1, 0.15) is 0 Å². The average molecular weight is 204 g/mol. The molecule has 0 aromatic rings. The van der Waals surface area contributed by atoms with Gasteiger partial charge in [0.2, 0.25) is 6.41 Å². The van der Waals surface area contributed by atoms with E-state index in [1.54, 1.807) is 0 Å². The Morgan fingerprint density at radius 1 is 0.929 bits per heavy atom. The van der Waals surface area contributed by atoms with Gasteiger partial charge in [-0.3, -0.25) is 4.90 Å². The molecule has 0 unspecified atom stereocenters. The number of hydrogen-bond donors (Lipinski definition) is 0. The van der Waals surface area contributed by atoms with Crippen LogP contribution in [0.1, 0.15) is 13.8 Å². The molecule has 86 valence electrons. The van der Waals surface area contributed by atoms with Crippen molar-refractivity contribution >= 4 is 0 Å². The molecule has 0 aromatic carbocycles. The minimum atomic E-state index is -0.204. The van der Waals surface area contributed by atoms with Crippen LogP contribution in [0.2, 0.25) is 0 Å². The second-order valence-electron chi connectivity index (χ2n) is 3.50. The molecule has 0 aliphatic heterocycles. The summed E-state index contributed by atoms with van der Waals surface area (Å²) in [4.78, 5) is 4.22. The molecule has 0 aliphatic rings. The molecule has 0 radical (unpaired) electrons. The third kappa shape index (κ3) is 6.32. The van der Waals surface area contributed by atoms with Crippen molar-refractivity contribution in [3.63, 3.8) is 0 Å². The smallest absolute Gasteiger partial charge is 0.218 e. The van der Waals surface area contributed by atoms with Gasteiger partial charge in [-0.1, -0.05) is 0 Å². The average Bonchev–Trinajstić information content (AvgIpc) is 2.14. The lowest BCUT2D eigenvalue weighted by Crippen LogP contribution is -2.40. The van der Waals surface area contributed by atoms with Gasteiger partial charge in [0.25, 0.3) is 0 Å². The van der Waals surface area contributed by atoms with Crippen molar-refractivity contribution in [1.29, 1.82) is 0 Å². The van der Waals surface area contributed by atoms with Gasteiger partial charge >= 0.3 is 0 Å². The fraction of sp³-hybridized carbons (Fsp3) is 1.00. The summed E-state index contributed by atoms with van der Waals surface area (Å²) < 4.78 is 10.9. The predicted octanol–water partition coefficient (Wildman–Crippen LogP) is 0.836. The molecule has 0 N–H and O–H groups in total. The van der Waals surface area contributed by atoms with Crippen LogP contribution in [0.4, 0.5) is 0 Å². The normalized spacial score (nSPS) is 12.0. The largest absolute Gasteiger partial charge is 0.340 e. The SMILES string of the molecule is CCOC(OCC)N(C)CCN(C)C. The van der Waals surface area contributed by atoms with E-state index in [1.807, 2.05) is 20.9 Å². The van der Waals surface area contributed by atoms with Crippen LogP contribution >= 0.6 is 0 Å². The van der Waals surface area contributed by atoms with Gasteiger partial charge in [-0.05, 0) is 35.0 Å². The standard InChI is InChI=1S/C10H24N2O2/c1-6-13-10(14-7-2)12(5)9-8-11(3)4/h10H,6-9H2,1-5H3. The van der Waals surface area contributed by atoms with E-state index in [0.717, 1.165) is 13.1 Å². The van der Waals surface area contributed by atoms with E-state index < -0.39 is 0 Å². The van der Waals surface area contributed by atoms with Crippen LogP contribution in [-0.4, -0.2) is 63.7 Å². The number of nitrogens with zero attached hydrogens (tertiary/aromatic N) is 2. The van der Waals surface area contributed by atoms with Crippen LogP contribution in [0.3, 0.4) is 0 Å². The second-order valence-corrected chi connectivity index (χ2v) is 3.50. The lowest BCUT2D eigenvalue weighted by Gasteiger charge is -2.27. The number of hydrogen-bond acceptors (Lipinski definition) is 4. The first-order chi connectivity index (χ1) is 6.61. The van der Waals surface area contributed by atoms with E-state index in [4.69, 9.17) is 9.47 Å². The van der Waals surface area contributed by atoms with Gasteiger partial charge in [0.05, 0.1) is 0 Å². The number of rotatable bonds is 8. The Balaban J connectivity index is 3.81. The third-order valence-corrected chi connectivity index (χ3v) is 1.88. The molecule has 0 aliphatic carbocycles. The molecule has 0 amide bonds. The van der Waals surface area contributed by atoms with Crippen LogP contribution in [0.15, 0.2) is 0 Å². The summed E-state index contributed by atoms with van der Waals surface area (Å²) >= 11 is 0. The molecule has 0 aromatic heterocycles. The fourth-order valence-electron chi connectivity index (χ4n) is 1.05. The van der Waals surface area contributed by atoms with Crippen molar-refractivity contribution in [3.05, 3.63) is 0 Å². The molecule has 0 heterocycles. The van der Waals surface area contributed by atoms with Crippen LogP contribution in [0, 0.1) is 0 Å². The lowest BCUT2D eigenvalue weighted by atomic mass is 10.5. The van der Waals surface area contributed by atoms with E-state index in [9.17, 15) is 0 Å². The zero-order valence-corrected chi connectivity index (χ0v) is 10.1. The van der Waals surface area contributed by atoms with Gasteiger partial charge in [-0.15, -0.1) is 0 Å². The van der Waals surface area contributed by atoms with E-state index in [2.05, 4.69) is 23.9 Å². The Hall–Kier alpha value is -0.160. The minimum Gasteiger partial charge on any atom is -0.340 e. The maximum Gasteiger partial charge on any atom is 0.218 e. The Morgan fingerprint density at radius 2 is 1.43 bits per heavy atom. The van der Waals surface area contributed by atoms with Crippen LogP contribution in [0.5, 0.6) is 0 Å². The zero-order chi connectivity index (χ0) is 11.0. The van der Waals surface area contributed by atoms with Gasteiger partial charge < -0.3 is 14.4 Å². The van der Waals surface area contributed by atoms with E-state index in [1.165, 1.54) is 0 Å². The maximum absolute atomic E-state index is 5.46. The predicted molar refractivity (Wildman–Crippen MR) is 58.2 cm³/mol. The van der Waals surface area contributed by atoms with Gasteiger partial charge in [0.15, 0.2) is 0 Å². The molecular formula is C10H24N2O2. The molecule has 0 rings (SSSR count). The molecule has 0 spiro atoms. The zero-order valence-electron chi connectivity index (χ0n) is 10.1. The fourth-order valence-corrected chi connectivity index (χ4v) is 1.05. The monoisotopic (exact) mass is 204 g/mol. The first-order valence-corrected chi connectivity index (χ1v) is 5.20. The number of ether oxygens (including phenoxy) is 2. The molecule has 0 saturated carbocycles. The van der Waals surface area contributed by atoms with Crippen molar-refractivity contribution in [2.45, 2.75) is 20.3 Å². The Bertz CT molecular complexity index is 125. The Labute approximate surface area is 87.8 Å².